The van der Waals surface area contributed by atoms with Gasteiger partial charge in [-0.05, 0) is 37.5 Å². The fraction of sp³-hybridized carbons (Fsp3) is 0.833. The van der Waals surface area contributed by atoms with Gasteiger partial charge in [0.15, 0.2) is 6.19 Å². The summed E-state index contributed by atoms with van der Waals surface area (Å²) in [6.45, 7) is 7.94. The van der Waals surface area contributed by atoms with Crippen LogP contribution in [-0.2, 0) is 19.4 Å². The molecule has 0 aromatic carbocycles. The molecule has 4 atom stereocenters. The highest BCUT2D eigenvalue weighted by molar-refractivity contribution is 7.90. The van der Waals surface area contributed by atoms with Gasteiger partial charge in [0.2, 0.25) is 0 Å². The molecule has 0 aromatic rings. The van der Waals surface area contributed by atoms with Crippen LogP contribution in [0.4, 0.5) is 4.79 Å². The van der Waals surface area contributed by atoms with Gasteiger partial charge in [-0.1, -0.05) is 27.2 Å². The summed E-state index contributed by atoms with van der Waals surface area (Å²) in [5.74, 6) is -0.353. The van der Waals surface area contributed by atoms with Crippen molar-refractivity contribution in [3.8, 4) is 6.19 Å². The summed E-state index contributed by atoms with van der Waals surface area (Å²) in [5, 5.41) is 11.4. The van der Waals surface area contributed by atoms with Gasteiger partial charge in [0.05, 0.1) is 5.75 Å². The van der Waals surface area contributed by atoms with Gasteiger partial charge in [0, 0.05) is 12.8 Å². The number of hydrogen-bond acceptors (Lipinski definition) is 6. The predicted molar refractivity (Wildman–Crippen MR) is 101 cm³/mol. The average Bonchev–Trinajstić information content (AvgIpc) is 2.53. The molecule has 1 aliphatic rings. The largest absolute Gasteiger partial charge is 0.446 e. The van der Waals surface area contributed by atoms with E-state index in [1.54, 1.807) is 13.1 Å². The molecule has 0 radical (unpaired) electrons. The summed E-state index contributed by atoms with van der Waals surface area (Å²) >= 11 is 0. The third kappa shape index (κ3) is 7.37. The van der Waals surface area contributed by atoms with E-state index < -0.39 is 33.6 Å². The van der Waals surface area contributed by atoms with Crippen LogP contribution in [0.5, 0.6) is 0 Å². The van der Waals surface area contributed by atoms with Crippen LogP contribution in [0.2, 0.25) is 0 Å². The van der Waals surface area contributed by atoms with Gasteiger partial charge in [-0.2, -0.15) is 5.26 Å². The molecule has 0 bridgehead atoms. The lowest BCUT2D eigenvalue weighted by atomic mass is 9.75. The number of carbonyl (C=O) groups is 2. The summed E-state index contributed by atoms with van der Waals surface area (Å²) < 4.78 is 28.9. The second-order valence-corrected chi connectivity index (χ2v) is 9.93. The molecule has 0 heterocycles. The molecule has 0 aromatic heterocycles. The molecule has 154 valence electrons. The molecular formula is C18H31N3O5S. The first-order chi connectivity index (χ1) is 12.5. The molecule has 0 spiro atoms. The third-order valence-electron chi connectivity index (χ3n) is 4.98. The summed E-state index contributed by atoms with van der Waals surface area (Å²) in [4.78, 5) is 25.6. The van der Waals surface area contributed by atoms with Gasteiger partial charge in [-0.15, -0.1) is 0 Å². The van der Waals surface area contributed by atoms with E-state index in [1.807, 2.05) is 0 Å². The Kier molecular flexibility index (Phi) is 8.54. The Labute approximate surface area is 162 Å². The van der Waals surface area contributed by atoms with Crippen LogP contribution in [0.3, 0.4) is 0 Å². The molecule has 0 aliphatic heterocycles. The Morgan fingerprint density at radius 3 is 2.44 bits per heavy atom. The number of alkyl carbamates (subject to hydrolysis) is 1. The van der Waals surface area contributed by atoms with Gasteiger partial charge < -0.3 is 10.1 Å². The summed E-state index contributed by atoms with van der Waals surface area (Å²) in [6.07, 6.45) is 4.34. The standard InChI is InChI=1S/C18H31N3O5S/c1-6-21(11-19)17(22)15(10-27(5,24)25)20-18(23)26-16-9-13(4)7-8-14(16)12(2)3/h12-16H,6-10H2,1-5H3,(H,20,23). The lowest BCUT2D eigenvalue weighted by molar-refractivity contribution is -0.129. The topological polar surface area (TPSA) is 117 Å². The average molecular weight is 402 g/mol. The van der Waals surface area contributed by atoms with E-state index in [2.05, 4.69) is 26.1 Å². The van der Waals surface area contributed by atoms with E-state index in [0.29, 0.717) is 11.8 Å². The molecule has 1 N–H and O–H groups in total. The molecule has 0 saturated heterocycles. The van der Waals surface area contributed by atoms with Crippen molar-refractivity contribution in [2.45, 2.75) is 59.1 Å². The molecule has 27 heavy (non-hydrogen) atoms. The van der Waals surface area contributed by atoms with Crippen molar-refractivity contribution in [1.29, 1.82) is 5.26 Å². The number of sulfone groups is 1. The zero-order valence-electron chi connectivity index (χ0n) is 16.8. The van der Waals surface area contributed by atoms with Gasteiger partial charge >= 0.3 is 6.09 Å². The maximum atomic E-state index is 12.4. The smallest absolute Gasteiger partial charge is 0.408 e. The van der Waals surface area contributed by atoms with Crippen LogP contribution in [0.15, 0.2) is 0 Å². The number of nitrogens with one attached hydrogen (secondary N) is 1. The minimum atomic E-state index is -3.56. The number of hydrogen-bond donors (Lipinski definition) is 1. The number of nitrogens with zero attached hydrogens (tertiary/aromatic N) is 2. The first kappa shape index (κ1) is 23.2. The highest BCUT2D eigenvalue weighted by Gasteiger charge is 2.35. The van der Waals surface area contributed by atoms with Crippen LogP contribution in [0, 0.1) is 29.2 Å². The monoisotopic (exact) mass is 401 g/mol. The molecule has 1 fully saturated rings. The summed E-state index contributed by atoms with van der Waals surface area (Å²) in [7, 11) is -3.56. The minimum Gasteiger partial charge on any atom is -0.446 e. The number of likely N-dealkylation sites (N-methyl/N-ethyl adjacent to an activating group) is 1. The highest BCUT2D eigenvalue weighted by Crippen LogP contribution is 2.35. The van der Waals surface area contributed by atoms with Crippen molar-refractivity contribution >= 4 is 21.8 Å². The van der Waals surface area contributed by atoms with Crippen LogP contribution in [0.1, 0.15) is 47.0 Å². The van der Waals surface area contributed by atoms with Gasteiger partial charge in [0.1, 0.15) is 22.0 Å². The van der Waals surface area contributed by atoms with Crippen molar-refractivity contribution < 1.29 is 22.7 Å². The number of ether oxygens (including phenoxy) is 1. The fourth-order valence-corrected chi connectivity index (χ4v) is 4.34. The summed E-state index contributed by atoms with van der Waals surface area (Å²) in [5.41, 5.74) is 0. The molecule has 1 rings (SSSR count). The fourth-order valence-electron chi connectivity index (χ4n) is 3.51. The first-order valence-corrected chi connectivity index (χ1v) is 11.4. The maximum Gasteiger partial charge on any atom is 0.408 e. The van der Waals surface area contributed by atoms with Crippen molar-refractivity contribution in [1.82, 2.24) is 10.2 Å². The van der Waals surface area contributed by atoms with Crippen molar-refractivity contribution in [3.63, 3.8) is 0 Å². The first-order valence-electron chi connectivity index (χ1n) is 9.34. The van der Waals surface area contributed by atoms with Crippen LogP contribution in [0.25, 0.3) is 0 Å². The zero-order chi connectivity index (χ0) is 20.8. The Balaban J connectivity index is 2.88. The predicted octanol–water partition coefficient (Wildman–Crippen LogP) is 1.92. The van der Waals surface area contributed by atoms with Crippen LogP contribution >= 0.6 is 0 Å². The zero-order valence-corrected chi connectivity index (χ0v) is 17.6. The molecule has 9 heteroatoms. The SMILES string of the molecule is CCN(C#N)C(=O)C(CS(C)(=O)=O)NC(=O)OC1CC(C)CCC1C(C)C. The van der Waals surface area contributed by atoms with E-state index in [9.17, 15) is 18.0 Å². The van der Waals surface area contributed by atoms with E-state index in [0.717, 1.165) is 30.4 Å². The van der Waals surface area contributed by atoms with Gasteiger partial charge in [-0.25, -0.2) is 18.1 Å². The van der Waals surface area contributed by atoms with E-state index in [1.165, 1.54) is 0 Å². The molecule has 1 saturated carbocycles. The highest BCUT2D eigenvalue weighted by atomic mass is 32.2. The number of rotatable bonds is 7. The summed E-state index contributed by atoms with van der Waals surface area (Å²) in [6, 6.07) is -1.36. The maximum absolute atomic E-state index is 12.4. The minimum absolute atomic E-state index is 0.0852. The quantitative estimate of drug-likeness (QED) is 0.514. The molecule has 4 unspecified atom stereocenters. The normalized spacial score (nSPS) is 24.0. The second-order valence-electron chi connectivity index (χ2n) is 7.74. The van der Waals surface area contributed by atoms with E-state index in [4.69, 9.17) is 10.00 Å². The van der Waals surface area contributed by atoms with Gasteiger partial charge in [0.25, 0.3) is 5.91 Å². The van der Waals surface area contributed by atoms with Crippen molar-refractivity contribution in [3.05, 3.63) is 0 Å². The van der Waals surface area contributed by atoms with Gasteiger partial charge in [-0.3, -0.25) is 4.79 Å². The van der Waals surface area contributed by atoms with Crippen molar-refractivity contribution in [2.24, 2.45) is 17.8 Å². The van der Waals surface area contributed by atoms with Crippen LogP contribution in [-0.4, -0.2) is 56.0 Å². The molecule has 1 aliphatic carbocycles. The third-order valence-corrected chi connectivity index (χ3v) is 5.92. The Morgan fingerprint density at radius 2 is 1.96 bits per heavy atom. The number of carbonyl (C=O) groups excluding carboxylic acids is 2. The Bertz CT molecular complexity index is 671. The number of amides is 2. The van der Waals surface area contributed by atoms with Crippen molar-refractivity contribution in [2.75, 3.05) is 18.6 Å². The lowest BCUT2D eigenvalue weighted by Gasteiger charge is -2.36. The van der Waals surface area contributed by atoms with E-state index >= 15 is 0 Å². The Morgan fingerprint density at radius 1 is 1.33 bits per heavy atom. The molecule has 2 amide bonds. The Hall–Kier alpha value is -1.82. The number of nitriles is 1. The van der Waals surface area contributed by atoms with E-state index in [-0.39, 0.29) is 18.6 Å². The lowest BCUT2D eigenvalue weighted by Crippen LogP contribution is -2.51. The molecular weight excluding hydrogens is 370 g/mol. The van der Waals surface area contributed by atoms with Crippen LogP contribution < -0.4 is 5.32 Å². The molecule has 8 nitrogen and oxygen atoms in total. The second kappa shape index (κ2) is 9.93.